The topological polar surface area (TPSA) is 34.1 Å². The van der Waals surface area contributed by atoms with Crippen LogP contribution in [0.2, 0.25) is 0 Å². The Labute approximate surface area is 128 Å². The molecule has 1 atom stereocenters. The third-order valence-corrected chi connectivity index (χ3v) is 4.66. The highest BCUT2D eigenvalue weighted by Crippen LogP contribution is 2.42. The van der Waals surface area contributed by atoms with Crippen molar-refractivity contribution >= 4 is 11.3 Å². The number of rotatable bonds is 7. The molecule has 1 N–H and O–H groups in total. The van der Waals surface area contributed by atoms with E-state index in [-0.39, 0.29) is 11.9 Å². The number of benzene rings is 1. The van der Waals surface area contributed by atoms with E-state index in [1.54, 1.807) is 18.4 Å². The van der Waals surface area contributed by atoms with Crippen molar-refractivity contribution < 1.29 is 9.13 Å². The summed E-state index contributed by atoms with van der Waals surface area (Å²) in [6, 6.07) is 5.23. The van der Waals surface area contributed by atoms with Gasteiger partial charge in [0.25, 0.3) is 0 Å². The van der Waals surface area contributed by atoms with Gasteiger partial charge in [0.1, 0.15) is 11.6 Å². The van der Waals surface area contributed by atoms with Crippen LogP contribution < -0.4 is 10.1 Å². The van der Waals surface area contributed by atoms with Gasteiger partial charge in [-0.15, -0.1) is 11.3 Å². The first-order valence-corrected chi connectivity index (χ1v) is 8.11. The van der Waals surface area contributed by atoms with Gasteiger partial charge >= 0.3 is 0 Å². The molecule has 0 spiro atoms. The average molecular weight is 306 g/mol. The van der Waals surface area contributed by atoms with Gasteiger partial charge in [-0.3, -0.25) is 0 Å². The van der Waals surface area contributed by atoms with E-state index < -0.39 is 0 Å². The van der Waals surface area contributed by atoms with Crippen molar-refractivity contribution in [2.24, 2.45) is 5.92 Å². The zero-order chi connectivity index (χ0) is 14.7. The van der Waals surface area contributed by atoms with Gasteiger partial charge in [0.2, 0.25) is 0 Å². The first-order chi connectivity index (χ1) is 10.3. The second kappa shape index (κ2) is 6.54. The van der Waals surface area contributed by atoms with Crippen molar-refractivity contribution in [1.29, 1.82) is 0 Å². The van der Waals surface area contributed by atoms with Crippen LogP contribution >= 0.6 is 11.3 Å². The summed E-state index contributed by atoms with van der Waals surface area (Å²) in [5.74, 6) is 0.922. The van der Waals surface area contributed by atoms with E-state index in [0.29, 0.717) is 11.7 Å². The van der Waals surface area contributed by atoms with Crippen LogP contribution in [0.3, 0.4) is 0 Å². The zero-order valence-corrected chi connectivity index (χ0v) is 12.8. The molecule has 1 saturated carbocycles. The Kier molecular flexibility index (Phi) is 4.51. The van der Waals surface area contributed by atoms with Crippen LogP contribution in [0.1, 0.15) is 29.5 Å². The minimum atomic E-state index is -0.187. The van der Waals surface area contributed by atoms with Crippen molar-refractivity contribution in [3.05, 3.63) is 46.2 Å². The summed E-state index contributed by atoms with van der Waals surface area (Å²) in [6.07, 6.45) is 5.04. The lowest BCUT2D eigenvalue weighted by atomic mass is 10.0. The Morgan fingerprint density at radius 1 is 1.48 bits per heavy atom. The van der Waals surface area contributed by atoms with Crippen molar-refractivity contribution in [2.45, 2.75) is 25.3 Å². The first-order valence-electron chi connectivity index (χ1n) is 7.23. The maximum Gasteiger partial charge on any atom is 0.131 e. The highest BCUT2D eigenvalue weighted by atomic mass is 32.1. The van der Waals surface area contributed by atoms with E-state index >= 15 is 0 Å². The SMILES string of the molecule is COc1ccc(C(NCCc2nccs2)C2CC2)c(F)c1. The lowest BCUT2D eigenvalue weighted by Crippen LogP contribution is -2.26. The van der Waals surface area contributed by atoms with Gasteiger partial charge in [0, 0.05) is 42.2 Å². The number of thiazole rings is 1. The third-order valence-electron chi connectivity index (χ3n) is 3.82. The number of methoxy groups -OCH3 is 1. The molecule has 0 saturated heterocycles. The molecule has 112 valence electrons. The number of ether oxygens (including phenoxy) is 1. The summed E-state index contributed by atoms with van der Waals surface area (Å²) < 4.78 is 19.3. The predicted molar refractivity (Wildman–Crippen MR) is 82.2 cm³/mol. The summed E-state index contributed by atoms with van der Waals surface area (Å²) in [7, 11) is 1.55. The van der Waals surface area contributed by atoms with Crippen molar-refractivity contribution in [3.63, 3.8) is 0 Å². The minimum absolute atomic E-state index is 0.0934. The highest BCUT2D eigenvalue weighted by Gasteiger charge is 2.33. The summed E-state index contributed by atoms with van der Waals surface area (Å²) in [4.78, 5) is 4.27. The van der Waals surface area contributed by atoms with E-state index in [2.05, 4.69) is 10.3 Å². The van der Waals surface area contributed by atoms with Crippen LogP contribution in [-0.2, 0) is 6.42 Å². The summed E-state index contributed by atoms with van der Waals surface area (Å²) in [6.45, 7) is 0.820. The molecule has 2 aromatic rings. The van der Waals surface area contributed by atoms with E-state index in [0.717, 1.165) is 23.5 Å². The van der Waals surface area contributed by atoms with Crippen LogP contribution in [-0.4, -0.2) is 18.6 Å². The van der Waals surface area contributed by atoms with Gasteiger partial charge in [-0.2, -0.15) is 0 Å². The molecule has 5 heteroatoms. The fourth-order valence-electron chi connectivity index (χ4n) is 2.56. The van der Waals surface area contributed by atoms with Crippen molar-refractivity contribution in [2.75, 3.05) is 13.7 Å². The average Bonchev–Trinajstić information content (AvgIpc) is 3.20. The fourth-order valence-corrected chi connectivity index (χ4v) is 3.18. The molecule has 1 aromatic heterocycles. The fraction of sp³-hybridized carbons (Fsp3) is 0.438. The standard InChI is InChI=1S/C16H19FN2OS/c1-20-12-4-5-13(14(17)10-12)16(11-2-3-11)19-7-6-15-18-8-9-21-15/h4-5,8-11,16,19H,2-3,6-7H2,1H3. The quantitative estimate of drug-likeness (QED) is 0.849. The molecule has 3 rings (SSSR count). The number of hydrogen-bond donors (Lipinski definition) is 1. The largest absolute Gasteiger partial charge is 0.497 e. The summed E-state index contributed by atoms with van der Waals surface area (Å²) in [5, 5.41) is 6.60. The van der Waals surface area contributed by atoms with Gasteiger partial charge in [-0.1, -0.05) is 6.07 Å². The molecule has 21 heavy (non-hydrogen) atoms. The molecule has 1 fully saturated rings. The summed E-state index contributed by atoms with van der Waals surface area (Å²) >= 11 is 1.66. The highest BCUT2D eigenvalue weighted by molar-refractivity contribution is 7.09. The Hall–Kier alpha value is -1.46. The number of halogens is 1. The van der Waals surface area contributed by atoms with Crippen LogP contribution in [0.15, 0.2) is 29.8 Å². The molecule has 0 aliphatic heterocycles. The second-order valence-electron chi connectivity index (χ2n) is 5.33. The molecule has 1 aromatic carbocycles. The van der Waals surface area contributed by atoms with Gasteiger partial charge in [0.15, 0.2) is 0 Å². The van der Waals surface area contributed by atoms with Crippen LogP contribution in [0.5, 0.6) is 5.75 Å². The number of hydrogen-bond acceptors (Lipinski definition) is 4. The Balaban J connectivity index is 1.66. The minimum Gasteiger partial charge on any atom is -0.497 e. The molecule has 0 amide bonds. The number of aromatic nitrogens is 1. The van der Waals surface area contributed by atoms with Gasteiger partial charge in [0.05, 0.1) is 12.1 Å². The molecule has 1 aliphatic rings. The molecular formula is C16H19FN2OS. The predicted octanol–water partition coefficient (Wildman–Crippen LogP) is 3.57. The molecule has 3 nitrogen and oxygen atoms in total. The zero-order valence-electron chi connectivity index (χ0n) is 12.0. The van der Waals surface area contributed by atoms with Gasteiger partial charge < -0.3 is 10.1 Å². The smallest absolute Gasteiger partial charge is 0.131 e. The number of nitrogens with zero attached hydrogens (tertiary/aromatic N) is 1. The molecule has 0 bridgehead atoms. The molecular weight excluding hydrogens is 287 g/mol. The molecule has 1 unspecified atom stereocenters. The maximum atomic E-state index is 14.2. The van der Waals surface area contributed by atoms with Crippen molar-refractivity contribution in [3.8, 4) is 5.75 Å². The van der Waals surface area contributed by atoms with Gasteiger partial charge in [-0.05, 0) is 24.8 Å². The molecule has 1 aliphatic carbocycles. The van der Waals surface area contributed by atoms with Crippen LogP contribution in [0.4, 0.5) is 4.39 Å². The lowest BCUT2D eigenvalue weighted by Gasteiger charge is -2.19. The normalized spacial score (nSPS) is 15.9. The van der Waals surface area contributed by atoms with E-state index in [4.69, 9.17) is 4.74 Å². The first kappa shape index (κ1) is 14.5. The number of nitrogens with one attached hydrogen (secondary N) is 1. The maximum absolute atomic E-state index is 14.2. The second-order valence-corrected chi connectivity index (χ2v) is 6.31. The molecule has 0 radical (unpaired) electrons. The van der Waals surface area contributed by atoms with E-state index in [9.17, 15) is 4.39 Å². The summed E-state index contributed by atoms with van der Waals surface area (Å²) in [5.41, 5.74) is 0.748. The Bertz CT molecular complexity index is 584. The van der Waals surface area contributed by atoms with Crippen LogP contribution in [0.25, 0.3) is 0 Å². The Morgan fingerprint density at radius 2 is 2.33 bits per heavy atom. The molecule has 1 heterocycles. The van der Waals surface area contributed by atoms with Crippen molar-refractivity contribution in [1.82, 2.24) is 10.3 Å². The van der Waals surface area contributed by atoms with Gasteiger partial charge in [-0.25, -0.2) is 9.37 Å². The van der Waals surface area contributed by atoms with E-state index in [1.807, 2.05) is 23.7 Å². The lowest BCUT2D eigenvalue weighted by molar-refractivity contribution is 0.407. The Morgan fingerprint density at radius 3 is 2.95 bits per heavy atom. The van der Waals surface area contributed by atoms with E-state index in [1.165, 1.54) is 18.9 Å². The van der Waals surface area contributed by atoms with Crippen LogP contribution in [0, 0.1) is 11.7 Å². The third kappa shape index (κ3) is 3.60. The monoisotopic (exact) mass is 306 g/mol.